The van der Waals surface area contributed by atoms with Crippen LogP contribution in [0.5, 0.6) is 11.5 Å². The van der Waals surface area contributed by atoms with Gasteiger partial charge < -0.3 is 14.6 Å². The summed E-state index contributed by atoms with van der Waals surface area (Å²) in [4.78, 5) is 25.6. The molecule has 0 aliphatic carbocycles. The largest absolute Gasteiger partial charge is 0.457 e. The fraction of sp³-hybridized carbons (Fsp3) is 0.200. The van der Waals surface area contributed by atoms with E-state index in [0.717, 1.165) is 27.0 Å². The Morgan fingerprint density at radius 1 is 1.12 bits per heavy atom. The predicted octanol–water partition coefficient (Wildman–Crippen LogP) is 6.08. The van der Waals surface area contributed by atoms with Crippen molar-refractivity contribution in [3.05, 3.63) is 80.0 Å². The number of hydrogen-bond acceptors (Lipinski definition) is 4. The molecule has 2 heterocycles. The Morgan fingerprint density at radius 3 is 2.62 bits per heavy atom. The molecule has 0 radical (unpaired) electrons. The molecule has 2 aromatic carbocycles. The third kappa shape index (κ3) is 4.29. The first-order chi connectivity index (χ1) is 15.3. The SMILES string of the molecule is CCNC(=O)c1cc2c(=O)n(C)cc(-c3cc(C)cc(Oc4ccc(C)c(Cl)c4)c3)c2s1. The normalized spacial score (nSPS) is 11.0. The number of carbonyl (C=O) groups excluding carboxylic acids is 1. The first-order valence-electron chi connectivity index (χ1n) is 10.2. The highest BCUT2D eigenvalue weighted by Crippen LogP contribution is 2.36. The zero-order valence-corrected chi connectivity index (χ0v) is 19.9. The van der Waals surface area contributed by atoms with Gasteiger partial charge in [-0.05, 0) is 67.8 Å². The minimum atomic E-state index is -0.175. The Morgan fingerprint density at radius 2 is 1.91 bits per heavy atom. The van der Waals surface area contributed by atoms with E-state index in [1.807, 2.05) is 57.3 Å². The Labute approximate surface area is 195 Å². The monoisotopic (exact) mass is 466 g/mol. The van der Waals surface area contributed by atoms with Crippen LogP contribution in [0.15, 0.2) is 53.5 Å². The average molecular weight is 467 g/mol. The van der Waals surface area contributed by atoms with E-state index >= 15 is 0 Å². The van der Waals surface area contributed by atoms with Crippen LogP contribution < -0.4 is 15.6 Å². The van der Waals surface area contributed by atoms with E-state index in [-0.39, 0.29) is 11.5 Å². The van der Waals surface area contributed by atoms with Crippen molar-refractivity contribution < 1.29 is 9.53 Å². The number of nitrogens with one attached hydrogen (secondary N) is 1. The van der Waals surface area contributed by atoms with Gasteiger partial charge in [-0.1, -0.05) is 23.7 Å². The van der Waals surface area contributed by atoms with Crippen LogP contribution in [0.25, 0.3) is 21.2 Å². The summed E-state index contributed by atoms with van der Waals surface area (Å²) in [6.07, 6.45) is 1.81. The van der Waals surface area contributed by atoms with Crippen molar-refractivity contribution in [3.8, 4) is 22.6 Å². The predicted molar refractivity (Wildman–Crippen MR) is 132 cm³/mol. The van der Waals surface area contributed by atoms with Gasteiger partial charge in [0.1, 0.15) is 11.5 Å². The highest BCUT2D eigenvalue weighted by Gasteiger charge is 2.17. The van der Waals surface area contributed by atoms with Crippen molar-refractivity contribution in [1.29, 1.82) is 0 Å². The minimum absolute atomic E-state index is 0.131. The summed E-state index contributed by atoms with van der Waals surface area (Å²) in [6.45, 7) is 6.33. The third-order valence-electron chi connectivity index (χ3n) is 5.15. The summed E-state index contributed by atoms with van der Waals surface area (Å²) < 4.78 is 8.42. The fourth-order valence-electron chi connectivity index (χ4n) is 3.55. The molecule has 0 unspecified atom stereocenters. The van der Waals surface area contributed by atoms with E-state index in [4.69, 9.17) is 16.3 Å². The second-order valence-corrected chi connectivity index (χ2v) is 9.18. The van der Waals surface area contributed by atoms with Crippen LogP contribution in [-0.2, 0) is 7.05 Å². The number of halogens is 1. The van der Waals surface area contributed by atoms with Gasteiger partial charge in [0.15, 0.2) is 0 Å². The minimum Gasteiger partial charge on any atom is -0.457 e. The molecule has 4 aromatic rings. The molecule has 164 valence electrons. The molecule has 0 spiro atoms. The molecule has 0 aliphatic heterocycles. The highest BCUT2D eigenvalue weighted by molar-refractivity contribution is 7.21. The molecule has 32 heavy (non-hydrogen) atoms. The molecule has 2 aromatic heterocycles. The highest BCUT2D eigenvalue weighted by atomic mass is 35.5. The number of pyridine rings is 1. The van der Waals surface area contributed by atoms with Gasteiger partial charge in [-0.3, -0.25) is 9.59 Å². The van der Waals surface area contributed by atoms with E-state index in [9.17, 15) is 9.59 Å². The van der Waals surface area contributed by atoms with Crippen molar-refractivity contribution in [2.75, 3.05) is 6.54 Å². The smallest absolute Gasteiger partial charge is 0.261 e. The maximum Gasteiger partial charge on any atom is 0.261 e. The lowest BCUT2D eigenvalue weighted by Gasteiger charge is -2.12. The maximum atomic E-state index is 12.7. The van der Waals surface area contributed by atoms with Gasteiger partial charge in [0.05, 0.1) is 10.3 Å². The number of hydrogen-bond donors (Lipinski definition) is 1. The number of aryl methyl sites for hydroxylation is 3. The van der Waals surface area contributed by atoms with Crippen LogP contribution in [-0.4, -0.2) is 17.0 Å². The van der Waals surface area contributed by atoms with Crippen molar-refractivity contribution in [1.82, 2.24) is 9.88 Å². The zero-order valence-electron chi connectivity index (χ0n) is 18.3. The number of benzene rings is 2. The molecular weight excluding hydrogens is 444 g/mol. The molecule has 4 rings (SSSR count). The maximum absolute atomic E-state index is 12.7. The number of thiophene rings is 1. The van der Waals surface area contributed by atoms with Crippen LogP contribution in [0.1, 0.15) is 27.7 Å². The van der Waals surface area contributed by atoms with Crippen LogP contribution in [0, 0.1) is 13.8 Å². The van der Waals surface area contributed by atoms with Gasteiger partial charge in [0.25, 0.3) is 11.5 Å². The van der Waals surface area contributed by atoms with Gasteiger partial charge in [-0.2, -0.15) is 0 Å². The number of fused-ring (bicyclic) bond motifs is 1. The molecule has 5 nitrogen and oxygen atoms in total. The molecule has 0 aliphatic rings. The van der Waals surface area contributed by atoms with E-state index in [2.05, 4.69) is 5.32 Å². The molecule has 1 N–H and O–H groups in total. The number of carbonyl (C=O) groups is 1. The summed E-state index contributed by atoms with van der Waals surface area (Å²) in [5.74, 6) is 1.14. The van der Waals surface area contributed by atoms with Gasteiger partial charge in [0.2, 0.25) is 0 Å². The first kappa shape index (κ1) is 22.1. The van der Waals surface area contributed by atoms with E-state index < -0.39 is 0 Å². The number of amides is 1. The average Bonchev–Trinajstić information content (AvgIpc) is 3.19. The summed E-state index contributed by atoms with van der Waals surface area (Å²) in [7, 11) is 1.72. The molecule has 1 amide bonds. The molecule has 0 saturated carbocycles. The first-order valence-corrected chi connectivity index (χ1v) is 11.4. The van der Waals surface area contributed by atoms with Gasteiger partial charge in [-0.25, -0.2) is 0 Å². The summed E-state index contributed by atoms with van der Waals surface area (Å²) >= 11 is 7.57. The Bertz CT molecular complexity index is 1400. The molecule has 7 heteroatoms. The van der Waals surface area contributed by atoms with Crippen molar-refractivity contribution >= 4 is 38.9 Å². The second kappa shape index (κ2) is 8.81. The van der Waals surface area contributed by atoms with Crippen molar-refractivity contribution in [2.24, 2.45) is 7.05 Å². The lowest BCUT2D eigenvalue weighted by atomic mass is 10.0. The quantitative estimate of drug-likeness (QED) is 0.387. The Balaban J connectivity index is 1.83. The summed E-state index contributed by atoms with van der Waals surface area (Å²) in [5, 5.41) is 3.98. The lowest BCUT2D eigenvalue weighted by Crippen LogP contribution is -2.21. The third-order valence-corrected chi connectivity index (χ3v) is 6.73. The van der Waals surface area contributed by atoms with Crippen LogP contribution in [0.4, 0.5) is 0 Å². The molecule has 0 atom stereocenters. The molecule has 0 bridgehead atoms. The van der Waals surface area contributed by atoms with E-state index in [1.54, 1.807) is 23.7 Å². The van der Waals surface area contributed by atoms with Crippen LogP contribution in [0.2, 0.25) is 5.02 Å². The number of ether oxygens (including phenoxy) is 1. The summed E-state index contributed by atoms with van der Waals surface area (Å²) in [5.41, 5.74) is 3.64. The van der Waals surface area contributed by atoms with Crippen molar-refractivity contribution in [3.63, 3.8) is 0 Å². The number of aromatic nitrogens is 1. The summed E-state index contributed by atoms with van der Waals surface area (Å²) in [6, 6.07) is 13.2. The van der Waals surface area contributed by atoms with Crippen LogP contribution >= 0.6 is 22.9 Å². The van der Waals surface area contributed by atoms with Gasteiger partial charge >= 0.3 is 0 Å². The standard InChI is InChI=1S/C25H23ClN2O3S/c1-5-27-24(29)22-12-19-23(32-22)20(13-28(4)25(19)30)16-8-14(2)9-18(10-16)31-17-7-6-15(3)21(26)11-17/h6-13H,5H2,1-4H3,(H,27,29). The molecule has 0 fully saturated rings. The zero-order chi connectivity index (χ0) is 23.0. The van der Waals surface area contributed by atoms with Crippen molar-refractivity contribution in [2.45, 2.75) is 20.8 Å². The van der Waals surface area contributed by atoms with Crippen LogP contribution in [0.3, 0.4) is 0 Å². The molecule has 0 saturated heterocycles. The van der Waals surface area contributed by atoms with E-state index in [0.29, 0.717) is 33.3 Å². The van der Waals surface area contributed by atoms with E-state index in [1.165, 1.54) is 11.3 Å². The fourth-order valence-corrected chi connectivity index (χ4v) is 4.82. The number of nitrogens with zero attached hydrogens (tertiary/aromatic N) is 1. The van der Waals surface area contributed by atoms with Gasteiger partial charge in [-0.15, -0.1) is 11.3 Å². The molecular formula is C25H23ClN2O3S. The lowest BCUT2D eigenvalue weighted by molar-refractivity contribution is 0.0960. The Kier molecular flexibility index (Phi) is 6.09. The second-order valence-electron chi connectivity index (χ2n) is 7.72. The topological polar surface area (TPSA) is 60.3 Å². The van der Waals surface area contributed by atoms with Gasteiger partial charge in [0, 0.05) is 35.1 Å². The Hall–Kier alpha value is -3.09. The number of rotatable bonds is 5.